The van der Waals surface area contributed by atoms with Crippen LogP contribution in [0.4, 0.5) is 4.79 Å². The molecule has 0 saturated heterocycles. The molecule has 0 aromatic carbocycles. The first kappa shape index (κ1) is 13.1. The molecule has 0 aliphatic heterocycles. The molecule has 9 heteroatoms. The van der Waals surface area contributed by atoms with E-state index in [0.717, 1.165) is 0 Å². The molecule has 0 atom stereocenters. The number of amides is 1. The predicted octanol–water partition coefficient (Wildman–Crippen LogP) is -1.71. The number of rotatable bonds is 6. The summed E-state index contributed by atoms with van der Waals surface area (Å²) in [6.07, 6.45) is -0.960. The van der Waals surface area contributed by atoms with Crippen molar-refractivity contribution in [2.45, 2.75) is 0 Å². The molecule has 0 saturated carbocycles. The molecule has 5 N–H and O–H groups in total. The van der Waals surface area contributed by atoms with E-state index in [1.54, 1.807) is 0 Å². The second kappa shape index (κ2) is 5.73. The minimum atomic E-state index is -3.53. The maximum Gasteiger partial charge on any atom is 0.404 e. The first-order valence-corrected chi connectivity index (χ1v) is 5.57. The van der Waals surface area contributed by atoms with Gasteiger partial charge < -0.3 is 16.2 Å². The van der Waals surface area contributed by atoms with E-state index in [1.807, 2.05) is 0 Å². The van der Waals surface area contributed by atoms with Gasteiger partial charge in [-0.2, -0.15) is 0 Å². The van der Waals surface area contributed by atoms with Gasteiger partial charge in [-0.1, -0.05) is 12.2 Å². The van der Waals surface area contributed by atoms with Crippen molar-refractivity contribution in [3.8, 4) is 0 Å². The molecule has 0 radical (unpaired) electrons. The third-order valence-corrected chi connectivity index (χ3v) is 2.66. The Hall–Kier alpha value is -0.930. The molecule has 0 aliphatic rings. The number of thiocarbonyl (C=S) groups is 1. The Morgan fingerprint density at radius 2 is 2.00 bits per heavy atom. The van der Waals surface area contributed by atoms with Crippen LogP contribution in [0.2, 0.25) is 0 Å². The van der Waals surface area contributed by atoms with Crippen LogP contribution in [0.15, 0.2) is 0 Å². The average Bonchev–Trinajstić information content (AvgIpc) is 1.95. The first-order valence-electron chi connectivity index (χ1n) is 3.51. The molecule has 0 heterocycles. The van der Waals surface area contributed by atoms with Gasteiger partial charge in [0, 0.05) is 6.54 Å². The zero-order valence-corrected chi connectivity index (χ0v) is 8.86. The van der Waals surface area contributed by atoms with E-state index in [4.69, 9.17) is 5.73 Å². The fourth-order valence-corrected chi connectivity index (χ4v) is 1.92. The number of sulfonamides is 1. The maximum absolute atomic E-state index is 11.0. The van der Waals surface area contributed by atoms with Crippen LogP contribution >= 0.6 is 12.2 Å². The highest BCUT2D eigenvalue weighted by molar-refractivity contribution is 7.92. The van der Waals surface area contributed by atoms with E-state index >= 15 is 0 Å². The Kier molecular flexibility index (Phi) is 5.35. The highest BCUT2D eigenvalue weighted by Gasteiger charge is 2.10. The van der Waals surface area contributed by atoms with Crippen molar-refractivity contribution in [1.82, 2.24) is 4.72 Å². The summed E-state index contributed by atoms with van der Waals surface area (Å²) in [6, 6.07) is 0. The summed E-state index contributed by atoms with van der Waals surface area (Å²) >= 11 is 4.42. The fraction of sp³-hybridized carbons (Fsp3) is 0.600. The van der Waals surface area contributed by atoms with E-state index in [2.05, 4.69) is 27.4 Å². The van der Waals surface area contributed by atoms with Crippen molar-refractivity contribution in [3.05, 3.63) is 0 Å². The molecule has 0 bridgehead atoms. The van der Waals surface area contributed by atoms with Gasteiger partial charge in [-0.15, -0.1) is 0 Å². The molecule has 7 nitrogen and oxygen atoms in total. The minimum absolute atomic E-state index is 0.0616. The smallest absolute Gasteiger partial charge is 0.404 e. The van der Waals surface area contributed by atoms with Gasteiger partial charge in [-0.05, 0) is 0 Å². The van der Waals surface area contributed by atoms with Crippen molar-refractivity contribution >= 4 is 33.3 Å². The molecular formula is C5H11N3O4S2. The highest BCUT2D eigenvalue weighted by atomic mass is 32.2. The molecule has 0 aliphatic carbocycles. The normalized spacial score (nSPS) is 10.9. The van der Waals surface area contributed by atoms with Gasteiger partial charge in [-0.25, -0.2) is 17.9 Å². The molecule has 82 valence electrons. The number of carbonyl (C=O) groups is 1. The zero-order chi connectivity index (χ0) is 11.2. The van der Waals surface area contributed by atoms with Gasteiger partial charge in [0.15, 0.2) is 0 Å². The number of hydrogen-bond donors (Lipinski definition) is 3. The van der Waals surface area contributed by atoms with Crippen LogP contribution in [-0.4, -0.2) is 38.4 Å². The van der Waals surface area contributed by atoms with Gasteiger partial charge in [0.2, 0.25) is 10.0 Å². The van der Waals surface area contributed by atoms with Crippen LogP contribution in [0.1, 0.15) is 0 Å². The van der Waals surface area contributed by atoms with Gasteiger partial charge in [0.25, 0.3) is 0 Å². The Labute approximate surface area is 86.8 Å². The summed E-state index contributed by atoms with van der Waals surface area (Å²) in [5, 5.41) is 0. The Morgan fingerprint density at radius 1 is 1.43 bits per heavy atom. The Morgan fingerprint density at radius 3 is 2.43 bits per heavy atom. The fourth-order valence-electron chi connectivity index (χ4n) is 0.587. The molecule has 0 spiro atoms. The van der Waals surface area contributed by atoms with Gasteiger partial charge in [0.05, 0.1) is 4.99 Å². The molecule has 0 fully saturated rings. The van der Waals surface area contributed by atoms with E-state index in [1.165, 1.54) is 0 Å². The first-order chi connectivity index (χ1) is 6.33. The van der Waals surface area contributed by atoms with Crippen LogP contribution in [0.5, 0.6) is 0 Å². The summed E-state index contributed by atoms with van der Waals surface area (Å²) < 4.78 is 28.5. The molecule has 14 heavy (non-hydrogen) atoms. The summed E-state index contributed by atoms with van der Waals surface area (Å²) in [5.74, 6) is -0.432. The van der Waals surface area contributed by atoms with Crippen LogP contribution in [-0.2, 0) is 14.8 Å². The van der Waals surface area contributed by atoms with Gasteiger partial charge >= 0.3 is 6.09 Å². The SMILES string of the molecule is NC(=O)OCCNS(=O)(=O)CC(N)=S. The van der Waals surface area contributed by atoms with Gasteiger partial charge in [0.1, 0.15) is 12.4 Å². The third kappa shape index (κ3) is 7.71. The van der Waals surface area contributed by atoms with Crippen molar-refractivity contribution in [1.29, 1.82) is 0 Å². The Balaban J connectivity index is 3.78. The van der Waals surface area contributed by atoms with Crippen molar-refractivity contribution in [2.24, 2.45) is 11.5 Å². The Bertz CT molecular complexity index is 313. The van der Waals surface area contributed by atoms with Crippen molar-refractivity contribution < 1.29 is 17.9 Å². The third-order valence-electron chi connectivity index (χ3n) is 1.00. The van der Waals surface area contributed by atoms with E-state index < -0.39 is 21.9 Å². The number of hydrogen-bond acceptors (Lipinski definition) is 5. The van der Waals surface area contributed by atoms with E-state index in [0.29, 0.717) is 0 Å². The van der Waals surface area contributed by atoms with Gasteiger partial charge in [-0.3, -0.25) is 0 Å². The van der Waals surface area contributed by atoms with E-state index in [-0.39, 0.29) is 18.1 Å². The summed E-state index contributed by atoms with van der Waals surface area (Å²) in [6.45, 7) is -0.195. The predicted molar refractivity (Wildman–Crippen MR) is 54.1 cm³/mol. The quantitative estimate of drug-likeness (QED) is 0.375. The molecule has 1 amide bonds. The van der Waals surface area contributed by atoms with Crippen LogP contribution in [0.25, 0.3) is 0 Å². The minimum Gasteiger partial charge on any atom is -0.448 e. The zero-order valence-electron chi connectivity index (χ0n) is 7.23. The second-order valence-corrected chi connectivity index (χ2v) is 4.62. The molecule has 0 rings (SSSR count). The standard InChI is InChI=1S/C5H11N3O4S2/c6-4(13)3-14(10,11)8-1-2-12-5(7)9/h8H,1-3H2,(H2,6,13)(H2,7,9). The molecule has 0 aromatic rings. The summed E-state index contributed by atoms with van der Waals surface area (Å²) in [4.78, 5) is 9.95. The average molecular weight is 241 g/mol. The summed E-state index contributed by atoms with van der Waals surface area (Å²) in [5.41, 5.74) is 9.68. The number of nitrogens with one attached hydrogen (secondary N) is 1. The number of ether oxygens (including phenoxy) is 1. The van der Waals surface area contributed by atoms with Crippen molar-refractivity contribution in [3.63, 3.8) is 0 Å². The lowest BCUT2D eigenvalue weighted by molar-refractivity contribution is 0.159. The number of nitrogens with two attached hydrogens (primary N) is 2. The lowest BCUT2D eigenvalue weighted by Gasteiger charge is -2.05. The van der Waals surface area contributed by atoms with Crippen LogP contribution < -0.4 is 16.2 Å². The van der Waals surface area contributed by atoms with Crippen LogP contribution in [0, 0.1) is 0 Å². The molecular weight excluding hydrogens is 230 g/mol. The lowest BCUT2D eigenvalue weighted by atomic mass is 10.7. The van der Waals surface area contributed by atoms with E-state index in [9.17, 15) is 13.2 Å². The van der Waals surface area contributed by atoms with Crippen LogP contribution in [0.3, 0.4) is 0 Å². The molecule has 0 unspecified atom stereocenters. The highest BCUT2D eigenvalue weighted by Crippen LogP contribution is 1.84. The van der Waals surface area contributed by atoms with Crippen molar-refractivity contribution in [2.75, 3.05) is 18.9 Å². The molecule has 0 aromatic heterocycles. The summed E-state index contributed by atoms with van der Waals surface area (Å²) in [7, 11) is -3.53. The second-order valence-electron chi connectivity index (χ2n) is 2.29. The topological polar surface area (TPSA) is 125 Å². The lowest BCUT2D eigenvalue weighted by Crippen LogP contribution is -2.34. The maximum atomic E-state index is 11.0. The number of primary amides is 1. The largest absolute Gasteiger partial charge is 0.448 e. The monoisotopic (exact) mass is 241 g/mol. The number of carbonyl (C=O) groups excluding carboxylic acids is 1.